The topological polar surface area (TPSA) is 37.3 Å². The van der Waals surface area contributed by atoms with E-state index >= 15 is 0 Å². The van der Waals surface area contributed by atoms with E-state index in [1.807, 2.05) is 47.4 Å². The number of fused-ring (bicyclic) bond motifs is 3. The van der Waals surface area contributed by atoms with Crippen LogP contribution in [0, 0.1) is 5.92 Å². The highest BCUT2D eigenvalue weighted by atomic mass is 35.5. The van der Waals surface area contributed by atoms with E-state index in [1.54, 1.807) is 0 Å². The van der Waals surface area contributed by atoms with Gasteiger partial charge < -0.3 is 14.8 Å². The molecule has 0 saturated heterocycles. The summed E-state index contributed by atoms with van der Waals surface area (Å²) in [5, 5.41) is 3.82. The van der Waals surface area contributed by atoms with Gasteiger partial charge in [-0.3, -0.25) is 0 Å². The van der Waals surface area contributed by atoms with Gasteiger partial charge in [-0.2, -0.15) is 0 Å². The molecule has 0 spiro atoms. The van der Waals surface area contributed by atoms with Crippen LogP contribution in [-0.2, 0) is 6.54 Å². The zero-order valence-electron chi connectivity index (χ0n) is 16.8. The van der Waals surface area contributed by atoms with Gasteiger partial charge in [-0.15, -0.1) is 0 Å². The number of carbonyl (C=O) groups excluding carboxylic acids is 1. The summed E-state index contributed by atoms with van der Waals surface area (Å²) in [7, 11) is 0. The van der Waals surface area contributed by atoms with Crippen molar-refractivity contribution in [3.63, 3.8) is 0 Å². The predicted molar refractivity (Wildman–Crippen MR) is 117 cm³/mol. The molecule has 5 heteroatoms. The lowest BCUT2D eigenvalue weighted by atomic mass is 10.0. The Balaban J connectivity index is 1.78. The van der Waals surface area contributed by atoms with Crippen LogP contribution in [0.4, 0.5) is 4.79 Å². The Kier molecular flexibility index (Phi) is 5.63. The van der Waals surface area contributed by atoms with E-state index in [2.05, 4.69) is 48.1 Å². The third kappa shape index (κ3) is 4.03. The van der Waals surface area contributed by atoms with Crippen molar-refractivity contribution in [1.29, 1.82) is 0 Å². The molecule has 2 heterocycles. The van der Waals surface area contributed by atoms with Gasteiger partial charge in [0.1, 0.15) is 0 Å². The maximum absolute atomic E-state index is 13.3. The van der Waals surface area contributed by atoms with Crippen LogP contribution < -0.4 is 5.32 Å². The van der Waals surface area contributed by atoms with Crippen molar-refractivity contribution in [3.8, 4) is 5.69 Å². The fourth-order valence-electron chi connectivity index (χ4n) is 3.90. The second-order valence-corrected chi connectivity index (χ2v) is 8.36. The minimum absolute atomic E-state index is 0.0462. The van der Waals surface area contributed by atoms with Gasteiger partial charge in [0.05, 0.1) is 18.3 Å². The predicted octanol–water partition coefficient (Wildman–Crippen LogP) is 5.79. The first-order valence-corrected chi connectivity index (χ1v) is 10.5. The molecule has 4 nitrogen and oxygen atoms in total. The van der Waals surface area contributed by atoms with Gasteiger partial charge in [-0.25, -0.2) is 4.79 Å². The molecule has 3 aromatic rings. The minimum atomic E-state index is -0.200. The molecule has 1 aromatic heterocycles. The zero-order chi connectivity index (χ0) is 20.4. The van der Waals surface area contributed by atoms with Crippen molar-refractivity contribution in [1.82, 2.24) is 14.8 Å². The highest BCUT2D eigenvalue weighted by molar-refractivity contribution is 6.30. The Labute approximate surface area is 177 Å². The number of benzene rings is 2. The van der Waals surface area contributed by atoms with Gasteiger partial charge in [0, 0.05) is 23.5 Å². The van der Waals surface area contributed by atoms with Crippen LogP contribution >= 0.6 is 11.6 Å². The zero-order valence-corrected chi connectivity index (χ0v) is 17.6. The van der Waals surface area contributed by atoms with E-state index in [-0.39, 0.29) is 12.1 Å². The third-order valence-electron chi connectivity index (χ3n) is 5.41. The SMILES string of the molecule is CC(C)CCNC(=O)N1Cc2ccccc2-n2cccc2[C@H]1c1ccc(Cl)cc1. The molecular formula is C24H26ClN3O. The number of hydrogen-bond donors (Lipinski definition) is 1. The lowest BCUT2D eigenvalue weighted by Crippen LogP contribution is -2.42. The van der Waals surface area contributed by atoms with Gasteiger partial charge >= 0.3 is 6.03 Å². The van der Waals surface area contributed by atoms with Gasteiger partial charge in [-0.05, 0) is 53.8 Å². The molecule has 4 rings (SSSR count). The van der Waals surface area contributed by atoms with Crippen molar-refractivity contribution in [2.45, 2.75) is 32.9 Å². The number of carbonyl (C=O) groups is 1. The van der Waals surface area contributed by atoms with Crippen LogP contribution in [0.5, 0.6) is 0 Å². The Morgan fingerprint density at radius 3 is 2.62 bits per heavy atom. The summed E-state index contributed by atoms with van der Waals surface area (Å²) in [6.07, 6.45) is 3.02. The fraction of sp³-hybridized carbons (Fsp3) is 0.292. The summed E-state index contributed by atoms with van der Waals surface area (Å²) in [5.74, 6) is 0.546. The Morgan fingerprint density at radius 1 is 1.10 bits per heavy atom. The average molecular weight is 408 g/mol. The molecule has 2 aromatic carbocycles. The number of nitrogens with zero attached hydrogens (tertiary/aromatic N) is 2. The number of hydrogen-bond acceptors (Lipinski definition) is 1. The lowest BCUT2D eigenvalue weighted by Gasteiger charge is -2.31. The van der Waals surface area contributed by atoms with E-state index in [0.29, 0.717) is 24.0 Å². The van der Waals surface area contributed by atoms with Gasteiger partial charge in [0.2, 0.25) is 0 Å². The molecule has 1 atom stereocenters. The van der Waals surface area contributed by atoms with E-state index < -0.39 is 0 Å². The van der Waals surface area contributed by atoms with Crippen molar-refractivity contribution in [2.24, 2.45) is 5.92 Å². The van der Waals surface area contributed by atoms with Crippen LogP contribution in [-0.4, -0.2) is 22.0 Å². The lowest BCUT2D eigenvalue weighted by molar-refractivity contribution is 0.180. The number of urea groups is 1. The Hall–Kier alpha value is -2.72. The average Bonchev–Trinajstić information content (AvgIpc) is 3.13. The smallest absolute Gasteiger partial charge is 0.318 e. The van der Waals surface area contributed by atoms with Crippen molar-refractivity contribution >= 4 is 17.6 Å². The summed E-state index contributed by atoms with van der Waals surface area (Å²) in [6, 6.07) is 19.9. The highest BCUT2D eigenvalue weighted by Crippen LogP contribution is 2.36. The van der Waals surface area contributed by atoms with Crippen molar-refractivity contribution in [3.05, 3.63) is 88.7 Å². The molecule has 1 aliphatic rings. The van der Waals surface area contributed by atoms with Gasteiger partial charge in [0.15, 0.2) is 0 Å². The summed E-state index contributed by atoms with van der Waals surface area (Å²) < 4.78 is 2.19. The number of nitrogens with one attached hydrogen (secondary N) is 1. The Morgan fingerprint density at radius 2 is 1.86 bits per heavy atom. The molecule has 1 aliphatic heterocycles. The number of aromatic nitrogens is 1. The maximum atomic E-state index is 13.3. The first-order chi connectivity index (χ1) is 14.0. The van der Waals surface area contributed by atoms with Gasteiger partial charge in [0.25, 0.3) is 0 Å². The molecule has 0 aliphatic carbocycles. The van der Waals surface area contributed by atoms with Crippen LogP contribution in [0.25, 0.3) is 5.69 Å². The van der Waals surface area contributed by atoms with E-state index in [9.17, 15) is 4.79 Å². The van der Waals surface area contributed by atoms with Crippen LogP contribution in [0.15, 0.2) is 66.9 Å². The molecule has 2 amide bonds. The first kappa shape index (κ1) is 19.6. The quantitative estimate of drug-likeness (QED) is 0.583. The summed E-state index contributed by atoms with van der Waals surface area (Å²) >= 11 is 6.13. The number of rotatable bonds is 4. The normalized spacial score (nSPS) is 15.6. The van der Waals surface area contributed by atoms with Crippen LogP contribution in [0.3, 0.4) is 0 Å². The fourth-order valence-corrected chi connectivity index (χ4v) is 4.03. The maximum Gasteiger partial charge on any atom is 0.318 e. The third-order valence-corrected chi connectivity index (χ3v) is 5.66. The highest BCUT2D eigenvalue weighted by Gasteiger charge is 2.32. The number of para-hydroxylation sites is 1. The second-order valence-electron chi connectivity index (χ2n) is 7.93. The van der Waals surface area contributed by atoms with Crippen molar-refractivity contribution < 1.29 is 4.79 Å². The molecule has 1 N–H and O–H groups in total. The standard InChI is InChI=1S/C24H26ClN3O/c1-17(2)13-14-26-24(29)28-16-19-6-3-4-7-21(19)27-15-5-8-22(27)23(28)18-9-11-20(25)12-10-18/h3-12,15,17,23H,13-14,16H2,1-2H3,(H,26,29)/t23-/m1/s1. The first-order valence-electron chi connectivity index (χ1n) is 10.1. The minimum Gasteiger partial charge on any atom is -0.338 e. The van der Waals surface area contributed by atoms with Crippen molar-refractivity contribution in [2.75, 3.05) is 6.54 Å². The Bertz CT molecular complexity index is 993. The number of amides is 2. The molecule has 0 fully saturated rings. The molecule has 0 unspecified atom stereocenters. The molecule has 0 saturated carbocycles. The molecular weight excluding hydrogens is 382 g/mol. The summed E-state index contributed by atoms with van der Waals surface area (Å²) in [5.41, 5.74) is 4.35. The monoisotopic (exact) mass is 407 g/mol. The largest absolute Gasteiger partial charge is 0.338 e. The molecule has 29 heavy (non-hydrogen) atoms. The number of halogens is 1. The summed E-state index contributed by atoms with van der Waals surface area (Å²) in [6.45, 7) is 5.54. The van der Waals surface area contributed by atoms with Crippen LogP contribution in [0.2, 0.25) is 5.02 Å². The molecule has 0 radical (unpaired) electrons. The summed E-state index contributed by atoms with van der Waals surface area (Å²) in [4.78, 5) is 15.2. The van der Waals surface area contributed by atoms with Gasteiger partial charge in [-0.1, -0.05) is 55.8 Å². The van der Waals surface area contributed by atoms with E-state index in [4.69, 9.17) is 11.6 Å². The van der Waals surface area contributed by atoms with E-state index in [0.717, 1.165) is 28.9 Å². The second kappa shape index (κ2) is 8.34. The van der Waals surface area contributed by atoms with Crippen LogP contribution in [0.1, 0.15) is 43.1 Å². The van der Waals surface area contributed by atoms with E-state index in [1.165, 1.54) is 0 Å². The molecule has 150 valence electrons. The molecule has 0 bridgehead atoms.